The quantitative estimate of drug-likeness (QED) is 0.944. The number of fused-ring (bicyclic) bond motifs is 1. The molecule has 122 valence electrons. The highest BCUT2D eigenvalue weighted by atomic mass is 16.5. The van der Waals surface area contributed by atoms with Crippen LogP contribution in [0.4, 0.5) is 0 Å². The Kier molecular flexibility index (Phi) is 4.06. The zero-order valence-electron chi connectivity index (χ0n) is 13.3. The summed E-state index contributed by atoms with van der Waals surface area (Å²) < 4.78 is 5.71. The predicted molar refractivity (Wildman–Crippen MR) is 89.6 cm³/mol. The first-order chi connectivity index (χ1) is 11.3. The highest BCUT2D eigenvalue weighted by molar-refractivity contribution is 5.98. The molecule has 0 radical (unpaired) electrons. The molecule has 2 fully saturated rings. The second kappa shape index (κ2) is 6.34. The van der Waals surface area contributed by atoms with Gasteiger partial charge in [0.05, 0.1) is 6.10 Å². The van der Waals surface area contributed by atoms with Gasteiger partial charge in [-0.25, -0.2) is 0 Å². The van der Waals surface area contributed by atoms with Gasteiger partial charge < -0.3 is 14.6 Å². The van der Waals surface area contributed by atoms with Gasteiger partial charge in [-0.05, 0) is 36.4 Å². The van der Waals surface area contributed by atoms with Crippen molar-refractivity contribution < 1.29 is 9.53 Å². The number of piperazine rings is 1. The minimum Gasteiger partial charge on any atom is -0.377 e. The standard InChI is InChI=1S/C18H23N3O2/c22-18(15-4-3-14-5-6-19-17(14)12-15)21-9-7-20(8-10-21)13-16-2-1-11-23-16/h3-6,12,16,19H,1-2,7-11,13H2/t16-/m1/s1. The second-order valence-corrected chi connectivity index (χ2v) is 6.51. The molecule has 23 heavy (non-hydrogen) atoms. The SMILES string of the molecule is O=C(c1ccc2cc[nH]c2c1)N1CCN(C[C@H]2CCCO2)CC1. The van der Waals surface area contributed by atoms with Crippen molar-refractivity contribution in [3.63, 3.8) is 0 Å². The lowest BCUT2D eigenvalue weighted by atomic mass is 10.1. The minimum absolute atomic E-state index is 0.137. The van der Waals surface area contributed by atoms with E-state index in [1.807, 2.05) is 35.4 Å². The number of rotatable bonds is 3. The van der Waals surface area contributed by atoms with Gasteiger partial charge in [0.1, 0.15) is 0 Å². The molecular formula is C18H23N3O2. The molecule has 1 N–H and O–H groups in total. The van der Waals surface area contributed by atoms with Gasteiger partial charge in [0.25, 0.3) is 5.91 Å². The zero-order valence-corrected chi connectivity index (χ0v) is 13.3. The van der Waals surface area contributed by atoms with E-state index in [-0.39, 0.29) is 5.91 Å². The first-order valence-electron chi connectivity index (χ1n) is 8.50. The van der Waals surface area contributed by atoms with E-state index >= 15 is 0 Å². The Morgan fingerprint density at radius 3 is 2.87 bits per heavy atom. The van der Waals surface area contributed by atoms with Gasteiger partial charge >= 0.3 is 0 Å². The third-order valence-corrected chi connectivity index (χ3v) is 4.95. The van der Waals surface area contributed by atoms with Gasteiger partial charge in [0, 0.05) is 56.6 Å². The van der Waals surface area contributed by atoms with Crippen LogP contribution in [0.5, 0.6) is 0 Å². The lowest BCUT2D eigenvalue weighted by Gasteiger charge is -2.35. The van der Waals surface area contributed by atoms with E-state index in [0.29, 0.717) is 6.10 Å². The van der Waals surface area contributed by atoms with Crippen molar-refractivity contribution >= 4 is 16.8 Å². The minimum atomic E-state index is 0.137. The average Bonchev–Trinajstić information content (AvgIpc) is 3.25. The topological polar surface area (TPSA) is 48.6 Å². The number of ether oxygens (including phenoxy) is 1. The molecule has 2 aromatic rings. The van der Waals surface area contributed by atoms with Gasteiger partial charge in [0.2, 0.25) is 0 Å². The molecule has 1 aromatic heterocycles. The van der Waals surface area contributed by atoms with E-state index < -0.39 is 0 Å². The molecule has 0 aliphatic carbocycles. The lowest BCUT2D eigenvalue weighted by Crippen LogP contribution is -2.50. The number of nitrogens with zero attached hydrogens (tertiary/aromatic N) is 2. The Morgan fingerprint density at radius 1 is 1.22 bits per heavy atom. The normalized spacial score (nSPS) is 22.8. The van der Waals surface area contributed by atoms with Gasteiger partial charge in [0.15, 0.2) is 0 Å². The van der Waals surface area contributed by atoms with Crippen molar-refractivity contribution in [3.05, 3.63) is 36.0 Å². The fourth-order valence-electron chi connectivity index (χ4n) is 3.57. The number of benzene rings is 1. The summed E-state index contributed by atoms with van der Waals surface area (Å²) in [4.78, 5) is 20.3. The maximum atomic E-state index is 12.7. The number of carbonyl (C=O) groups excluding carboxylic acids is 1. The van der Waals surface area contributed by atoms with Crippen molar-refractivity contribution in [3.8, 4) is 0 Å². The summed E-state index contributed by atoms with van der Waals surface area (Å²) >= 11 is 0. The molecule has 5 nitrogen and oxygen atoms in total. The van der Waals surface area contributed by atoms with E-state index in [9.17, 15) is 4.79 Å². The van der Waals surface area contributed by atoms with E-state index in [2.05, 4.69) is 9.88 Å². The Morgan fingerprint density at radius 2 is 2.09 bits per heavy atom. The highest BCUT2D eigenvalue weighted by Gasteiger charge is 2.25. The maximum Gasteiger partial charge on any atom is 0.254 e. The van der Waals surface area contributed by atoms with Crippen LogP contribution in [-0.2, 0) is 4.74 Å². The van der Waals surface area contributed by atoms with Crippen molar-refractivity contribution in [2.75, 3.05) is 39.3 Å². The van der Waals surface area contributed by atoms with Gasteiger partial charge in [-0.3, -0.25) is 9.69 Å². The summed E-state index contributed by atoms with van der Waals surface area (Å²) in [5.74, 6) is 0.137. The number of aromatic nitrogens is 1. The zero-order chi connectivity index (χ0) is 15.6. The van der Waals surface area contributed by atoms with E-state index in [4.69, 9.17) is 4.74 Å². The number of nitrogens with one attached hydrogen (secondary N) is 1. The summed E-state index contributed by atoms with van der Waals surface area (Å²) in [6.45, 7) is 5.40. The van der Waals surface area contributed by atoms with Gasteiger partial charge in [-0.2, -0.15) is 0 Å². The molecule has 2 saturated heterocycles. The number of carbonyl (C=O) groups is 1. The lowest BCUT2D eigenvalue weighted by molar-refractivity contribution is 0.0433. The first kappa shape index (κ1) is 14.7. The summed E-state index contributed by atoms with van der Waals surface area (Å²) in [7, 11) is 0. The number of H-pyrrole nitrogens is 1. The number of amides is 1. The third kappa shape index (κ3) is 3.12. The van der Waals surface area contributed by atoms with Gasteiger partial charge in [-0.1, -0.05) is 6.07 Å². The summed E-state index contributed by atoms with van der Waals surface area (Å²) in [6, 6.07) is 7.91. The maximum absolute atomic E-state index is 12.7. The molecule has 0 spiro atoms. The van der Waals surface area contributed by atoms with Crippen LogP contribution in [-0.4, -0.2) is 66.1 Å². The Bertz CT molecular complexity index is 682. The van der Waals surface area contributed by atoms with Crippen LogP contribution in [0.25, 0.3) is 10.9 Å². The molecule has 4 rings (SSSR count). The molecule has 5 heteroatoms. The van der Waals surface area contributed by atoms with Crippen LogP contribution in [0.3, 0.4) is 0 Å². The van der Waals surface area contributed by atoms with Crippen LogP contribution >= 0.6 is 0 Å². The molecule has 2 aliphatic heterocycles. The van der Waals surface area contributed by atoms with E-state index in [0.717, 1.165) is 55.8 Å². The van der Waals surface area contributed by atoms with Crippen molar-refractivity contribution in [1.82, 2.24) is 14.8 Å². The monoisotopic (exact) mass is 313 g/mol. The van der Waals surface area contributed by atoms with Crippen molar-refractivity contribution in [2.45, 2.75) is 18.9 Å². The predicted octanol–water partition coefficient (Wildman–Crippen LogP) is 2.10. The average molecular weight is 313 g/mol. The first-order valence-corrected chi connectivity index (χ1v) is 8.50. The van der Waals surface area contributed by atoms with Crippen LogP contribution in [0.1, 0.15) is 23.2 Å². The highest BCUT2D eigenvalue weighted by Crippen LogP contribution is 2.18. The van der Waals surface area contributed by atoms with Crippen LogP contribution in [0, 0.1) is 0 Å². The number of hydrogen-bond acceptors (Lipinski definition) is 3. The van der Waals surface area contributed by atoms with Crippen LogP contribution < -0.4 is 0 Å². The third-order valence-electron chi connectivity index (χ3n) is 4.95. The summed E-state index contributed by atoms with van der Waals surface area (Å²) in [5.41, 5.74) is 1.79. The number of aromatic amines is 1. The Balaban J connectivity index is 1.36. The Hall–Kier alpha value is -1.85. The molecule has 0 unspecified atom stereocenters. The molecule has 0 bridgehead atoms. The molecule has 1 atom stereocenters. The molecule has 1 aromatic carbocycles. The molecule has 3 heterocycles. The second-order valence-electron chi connectivity index (χ2n) is 6.51. The Labute approximate surface area is 136 Å². The van der Waals surface area contributed by atoms with Crippen LogP contribution in [0.2, 0.25) is 0 Å². The summed E-state index contributed by atoms with van der Waals surface area (Å²) in [5, 5.41) is 1.14. The van der Waals surface area contributed by atoms with Crippen LogP contribution in [0.15, 0.2) is 30.5 Å². The molecule has 2 aliphatic rings. The largest absolute Gasteiger partial charge is 0.377 e. The molecule has 0 saturated carbocycles. The van der Waals surface area contributed by atoms with E-state index in [1.165, 1.54) is 12.8 Å². The van der Waals surface area contributed by atoms with E-state index in [1.54, 1.807) is 0 Å². The number of hydrogen-bond donors (Lipinski definition) is 1. The fraction of sp³-hybridized carbons (Fsp3) is 0.500. The van der Waals surface area contributed by atoms with Crippen molar-refractivity contribution in [1.29, 1.82) is 0 Å². The smallest absolute Gasteiger partial charge is 0.254 e. The van der Waals surface area contributed by atoms with Crippen molar-refractivity contribution in [2.24, 2.45) is 0 Å². The summed E-state index contributed by atoms with van der Waals surface area (Å²) in [6.07, 6.45) is 4.66. The fourth-order valence-corrected chi connectivity index (χ4v) is 3.57. The molecular weight excluding hydrogens is 290 g/mol. The van der Waals surface area contributed by atoms with Gasteiger partial charge in [-0.15, -0.1) is 0 Å². The molecule has 1 amide bonds.